The molecule has 0 bridgehead atoms. The quantitative estimate of drug-likeness (QED) is 0.275. The largest absolute Gasteiger partial charge is 0.0622 e. The Hall–Kier alpha value is -4.16. The summed E-state index contributed by atoms with van der Waals surface area (Å²) in [6.45, 7) is 0. The van der Waals surface area contributed by atoms with Crippen LogP contribution in [0.5, 0.6) is 0 Å². The number of hydrogen-bond acceptors (Lipinski definition) is 0. The van der Waals surface area contributed by atoms with Crippen molar-refractivity contribution >= 4 is 21.5 Å². The van der Waals surface area contributed by atoms with E-state index in [0.29, 0.717) is 0 Å². The summed E-state index contributed by atoms with van der Waals surface area (Å²) in [6, 6.07) is 48.0. The van der Waals surface area contributed by atoms with Gasteiger partial charge in [0.05, 0.1) is 0 Å². The van der Waals surface area contributed by atoms with E-state index in [1.54, 1.807) is 0 Å². The molecular weight excluding hydrogens is 384 g/mol. The SMILES string of the molecule is c1ccc(-c2ccc3c(-c4cccc5cc(-c6ccccc6)ccc45)cccc3c2)cc1. The van der Waals surface area contributed by atoms with Crippen molar-refractivity contribution in [3.05, 3.63) is 133 Å². The topological polar surface area (TPSA) is 0 Å². The third-order valence-electron chi connectivity index (χ3n) is 6.27. The Balaban J connectivity index is 1.50. The summed E-state index contributed by atoms with van der Waals surface area (Å²) in [5, 5.41) is 5.10. The Bertz CT molecular complexity index is 1420. The van der Waals surface area contributed by atoms with E-state index < -0.39 is 0 Å². The number of fused-ring (bicyclic) bond motifs is 2. The minimum atomic E-state index is 1.25. The molecule has 0 saturated heterocycles. The van der Waals surface area contributed by atoms with Gasteiger partial charge < -0.3 is 0 Å². The molecule has 150 valence electrons. The van der Waals surface area contributed by atoms with Crippen LogP contribution in [-0.2, 0) is 0 Å². The molecule has 6 rings (SSSR count). The van der Waals surface area contributed by atoms with Gasteiger partial charge in [0.15, 0.2) is 0 Å². The third-order valence-corrected chi connectivity index (χ3v) is 6.27. The van der Waals surface area contributed by atoms with Gasteiger partial charge in [-0.3, -0.25) is 0 Å². The summed E-state index contributed by atoms with van der Waals surface area (Å²) < 4.78 is 0. The van der Waals surface area contributed by atoms with Gasteiger partial charge in [-0.25, -0.2) is 0 Å². The summed E-state index contributed by atoms with van der Waals surface area (Å²) in [5.74, 6) is 0. The van der Waals surface area contributed by atoms with Gasteiger partial charge in [-0.15, -0.1) is 0 Å². The highest BCUT2D eigenvalue weighted by atomic mass is 14.1. The lowest BCUT2D eigenvalue weighted by Gasteiger charge is -2.13. The molecule has 0 aliphatic heterocycles. The van der Waals surface area contributed by atoms with Crippen molar-refractivity contribution in [2.45, 2.75) is 0 Å². The summed E-state index contributed by atoms with van der Waals surface area (Å²) in [5.41, 5.74) is 7.55. The molecular formula is C32H22. The number of rotatable bonds is 3. The van der Waals surface area contributed by atoms with E-state index in [1.807, 2.05) is 0 Å². The Labute approximate surface area is 188 Å². The molecule has 6 aromatic carbocycles. The van der Waals surface area contributed by atoms with Crippen molar-refractivity contribution < 1.29 is 0 Å². The van der Waals surface area contributed by atoms with Crippen molar-refractivity contribution in [1.29, 1.82) is 0 Å². The van der Waals surface area contributed by atoms with Crippen LogP contribution in [0.2, 0.25) is 0 Å². The fourth-order valence-corrected chi connectivity index (χ4v) is 4.66. The van der Waals surface area contributed by atoms with Crippen molar-refractivity contribution in [3.8, 4) is 33.4 Å². The molecule has 0 nitrogen and oxygen atoms in total. The summed E-state index contributed by atoms with van der Waals surface area (Å²) in [7, 11) is 0. The van der Waals surface area contributed by atoms with Gasteiger partial charge in [-0.1, -0.05) is 121 Å². The van der Waals surface area contributed by atoms with Crippen LogP contribution in [0, 0.1) is 0 Å². The van der Waals surface area contributed by atoms with Crippen LogP contribution in [0.4, 0.5) is 0 Å². The molecule has 0 N–H and O–H groups in total. The molecule has 0 atom stereocenters. The van der Waals surface area contributed by atoms with Gasteiger partial charge in [-0.2, -0.15) is 0 Å². The minimum absolute atomic E-state index is 1.25. The van der Waals surface area contributed by atoms with E-state index in [9.17, 15) is 0 Å². The monoisotopic (exact) mass is 406 g/mol. The van der Waals surface area contributed by atoms with E-state index in [0.717, 1.165) is 0 Å². The lowest BCUT2D eigenvalue weighted by atomic mass is 9.91. The molecule has 0 unspecified atom stereocenters. The van der Waals surface area contributed by atoms with Crippen LogP contribution >= 0.6 is 0 Å². The van der Waals surface area contributed by atoms with Gasteiger partial charge in [0.25, 0.3) is 0 Å². The summed E-state index contributed by atoms with van der Waals surface area (Å²) in [6.07, 6.45) is 0. The molecule has 0 radical (unpaired) electrons. The molecule has 6 aromatic rings. The predicted molar refractivity (Wildman–Crippen MR) is 138 cm³/mol. The van der Waals surface area contributed by atoms with Gasteiger partial charge >= 0.3 is 0 Å². The average Bonchev–Trinajstić information content (AvgIpc) is 2.88. The van der Waals surface area contributed by atoms with Crippen LogP contribution < -0.4 is 0 Å². The maximum absolute atomic E-state index is 2.30. The Morgan fingerprint density at radius 2 is 0.719 bits per heavy atom. The molecule has 0 heteroatoms. The zero-order valence-electron chi connectivity index (χ0n) is 17.7. The fourth-order valence-electron chi connectivity index (χ4n) is 4.66. The van der Waals surface area contributed by atoms with Gasteiger partial charge in [0.2, 0.25) is 0 Å². The highest BCUT2D eigenvalue weighted by Gasteiger charge is 2.09. The molecule has 0 aromatic heterocycles. The first-order valence-electron chi connectivity index (χ1n) is 11.0. The van der Waals surface area contributed by atoms with Crippen LogP contribution in [0.3, 0.4) is 0 Å². The first-order chi connectivity index (χ1) is 15.9. The zero-order valence-corrected chi connectivity index (χ0v) is 17.7. The predicted octanol–water partition coefficient (Wildman–Crippen LogP) is 8.99. The second-order valence-electron chi connectivity index (χ2n) is 8.22. The molecule has 0 amide bonds. The van der Waals surface area contributed by atoms with E-state index in [1.165, 1.54) is 54.9 Å². The fraction of sp³-hybridized carbons (Fsp3) is 0. The molecule has 32 heavy (non-hydrogen) atoms. The van der Waals surface area contributed by atoms with E-state index in [4.69, 9.17) is 0 Å². The average molecular weight is 407 g/mol. The molecule has 0 fully saturated rings. The van der Waals surface area contributed by atoms with Crippen molar-refractivity contribution in [2.75, 3.05) is 0 Å². The highest BCUT2D eigenvalue weighted by molar-refractivity contribution is 6.06. The van der Waals surface area contributed by atoms with Crippen molar-refractivity contribution in [1.82, 2.24) is 0 Å². The summed E-state index contributed by atoms with van der Waals surface area (Å²) >= 11 is 0. The van der Waals surface area contributed by atoms with Gasteiger partial charge in [0, 0.05) is 0 Å². The lowest BCUT2D eigenvalue weighted by molar-refractivity contribution is 1.63. The van der Waals surface area contributed by atoms with E-state index in [-0.39, 0.29) is 0 Å². The normalized spacial score (nSPS) is 11.1. The first-order valence-corrected chi connectivity index (χ1v) is 11.0. The molecule has 0 aliphatic rings. The third kappa shape index (κ3) is 3.27. The van der Waals surface area contributed by atoms with Crippen LogP contribution in [-0.4, -0.2) is 0 Å². The van der Waals surface area contributed by atoms with E-state index in [2.05, 4.69) is 133 Å². The van der Waals surface area contributed by atoms with Crippen LogP contribution in [0.1, 0.15) is 0 Å². The Kier molecular flexibility index (Phi) is 4.55. The van der Waals surface area contributed by atoms with Crippen molar-refractivity contribution in [3.63, 3.8) is 0 Å². The van der Waals surface area contributed by atoms with Gasteiger partial charge in [-0.05, 0) is 67.1 Å². The standard InChI is InChI=1S/C32H22/c1-3-9-23(10-4-1)25-17-19-29-27(21-25)13-7-15-31(29)32-16-8-14-28-22-26(18-20-30(28)32)24-11-5-2-6-12-24/h1-22H. The second-order valence-corrected chi connectivity index (χ2v) is 8.22. The number of benzene rings is 6. The minimum Gasteiger partial charge on any atom is -0.0622 e. The Morgan fingerprint density at radius 1 is 0.281 bits per heavy atom. The van der Waals surface area contributed by atoms with Crippen LogP contribution in [0.25, 0.3) is 54.9 Å². The van der Waals surface area contributed by atoms with E-state index >= 15 is 0 Å². The second kappa shape index (κ2) is 7.83. The molecule has 0 spiro atoms. The zero-order chi connectivity index (χ0) is 21.3. The van der Waals surface area contributed by atoms with Gasteiger partial charge in [0.1, 0.15) is 0 Å². The smallest absolute Gasteiger partial charge is 0.00992 e. The van der Waals surface area contributed by atoms with Crippen LogP contribution in [0.15, 0.2) is 133 Å². The molecule has 0 heterocycles. The molecule has 0 saturated carbocycles. The maximum atomic E-state index is 2.30. The molecule has 0 aliphatic carbocycles. The lowest BCUT2D eigenvalue weighted by Crippen LogP contribution is -1.86. The first kappa shape index (κ1) is 18.6. The Morgan fingerprint density at radius 3 is 1.16 bits per heavy atom. The van der Waals surface area contributed by atoms with Crippen molar-refractivity contribution in [2.24, 2.45) is 0 Å². The summed E-state index contributed by atoms with van der Waals surface area (Å²) in [4.78, 5) is 0. The highest BCUT2D eigenvalue weighted by Crippen LogP contribution is 2.36. The maximum Gasteiger partial charge on any atom is -0.00992 e. The number of hydrogen-bond donors (Lipinski definition) is 0.